The first kappa shape index (κ1) is 18.0. The van der Waals surface area contributed by atoms with Crippen molar-refractivity contribution in [2.75, 3.05) is 12.4 Å². The Morgan fingerprint density at radius 3 is 2.85 bits per heavy atom. The van der Waals surface area contributed by atoms with Gasteiger partial charge in [0.05, 0.1) is 29.6 Å². The summed E-state index contributed by atoms with van der Waals surface area (Å²) in [5.41, 5.74) is 5.26. The standard InChI is InChI=1S/C19H20N4O2S/c1-2-11-25-15-9-7-14(8-10-15)12-20-23-18(24)13-26-19-21-16-5-3-4-6-17(16)22-19/h3-10,12H,2,11,13H2,1H3,(H,21,22)(H,23,24)/b20-12-. The summed E-state index contributed by atoms with van der Waals surface area (Å²) in [7, 11) is 0. The Labute approximate surface area is 156 Å². The lowest BCUT2D eigenvalue weighted by molar-refractivity contribution is -0.118. The van der Waals surface area contributed by atoms with Gasteiger partial charge in [-0.3, -0.25) is 4.79 Å². The predicted molar refractivity (Wildman–Crippen MR) is 105 cm³/mol. The Balaban J connectivity index is 1.45. The molecular formula is C19H20N4O2S. The normalized spacial score (nSPS) is 11.1. The molecule has 0 atom stereocenters. The average molecular weight is 368 g/mol. The molecule has 0 saturated heterocycles. The van der Waals surface area contributed by atoms with Gasteiger partial charge in [0, 0.05) is 0 Å². The molecule has 0 spiro atoms. The molecule has 7 heteroatoms. The highest BCUT2D eigenvalue weighted by Crippen LogP contribution is 2.18. The summed E-state index contributed by atoms with van der Waals surface area (Å²) in [5, 5.41) is 4.69. The Hall–Kier alpha value is -2.80. The number of H-pyrrole nitrogens is 1. The minimum atomic E-state index is -0.186. The van der Waals surface area contributed by atoms with Crippen molar-refractivity contribution in [3.63, 3.8) is 0 Å². The third-order valence-corrected chi connectivity index (χ3v) is 4.34. The number of hydrogen-bond acceptors (Lipinski definition) is 5. The second-order valence-corrected chi connectivity index (χ2v) is 6.52. The molecule has 1 heterocycles. The van der Waals surface area contributed by atoms with Gasteiger partial charge in [0.15, 0.2) is 5.16 Å². The number of carbonyl (C=O) groups is 1. The maximum absolute atomic E-state index is 11.9. The lowest BCUT2D eigenvalue weighted by Crippen LogP contribution is -2.19. The molecular weight excluding hydrogens is 348 g/mol. The number of ether oxygens (including phenoxy) is 1. The summed E-state index contributed by atoms with van der Waals surface area (Å²) in [6, 6.07) is 15.3. The molecule has 26 heavy (non-hydrogen) atoms. The number of rotatable bonds is 8. The number of amides is 1. The van der Waals surface area contributed by atoms with E-state index in [2.05, 4.69) is 27.4 Å². The zero-order valence-electron chi connectivity index (χ0n) is 14.4. The summed E-state index contributed by atoms with van der Waals surface area (Å²) >= 11 is 1.34. The maximum atomic E-state index is 11.9. The fraction of sp³-hybridized carbons (Fsp3) is 0.211. The van der Waals surface area contributed by atoms with Crippen LogP contribution < -0.4 is 10.2 Å². The van der Waals surface area contributed by atoms with E-state index in [4.69, 9.17) is 4.74 Å². The van der Waals surface area contributed by atoms with E-state index in [9.17, 15) is 4.79 Å². The number of nitrogens with one attached hydrogen (secondary N) is 2. The molecule has 3 rings (SSSR count). The molecule has 134 valence electrons. The van der Waals surface area contributed by atoms with Crippen LogP contribution in [-0.4, -0.2) is 34.4 Å². The van der Waals surface area contributed by atoms with Crippen molar-refractivity contribution in [3.05, 3.63) is 54.1 Å². The van der Waals surface area contributed by atoms with E-state index in [0.717, 1.165) is 28.8 Å². The molecule has 0 aliphatic rings. The number of hydrazone groups is 1. The highest BCUT2D eigenvalue weighted by molar-refractivity contribution is 7.99. The van der Waals surface area contributed by atoms with Crippen molar-refractivity contribution >= 4 is 34.9 Å². The Kier molecular flexibility index (Phi) is 6.27. The first-order valence-corrected chi connectivity index (χ1v) is 9.35. The number of imidazole rings is 1. The zero-order valence-corrected chi connectivity index (χ0v) is 15.3. The van der Waals surface area contributed by atoms with Gasteiger partial charge in [-0.15, -0.1) is 0 Å². The number of aromatic nitrogens is 2. The third-order valence-electron chi connectivity index (χ3n) is 3.46. The van der Waals surface area contributed by atoms with Gasteiger partial charge < -0.3 is 9.72 Å². The number of aromatic amines is 1. The summed E-state index contributed by atoms with van der Waals surface area (Å²) in [6.07, 6.45) is 2.58. The van der Waals surface area contributed by atoms with E-state index >= 15 is 0 Å². The SMILES string of the molecule is CCCOc1ccc(/C=N\NC(=O)CSc2nc3ccccc3[nH]2)cc1. The van der Waals surface area contributed by atoms with Crippen LogP contribution in [0.4, 0.5) is 0 Å². The molecule has 0 bridgehead atoms. The van der Waals surface area contributed by atoms with Gasteiger partial charge >= 0.3 is 0 Å². The van der Waals surface area contributed by atoms with Gasteiger partial charge in [-0.25, -0.2) is 10.4 Å². The Morgan fingerprint density at radius 2 is 2.08 bits per heavy atom. The number of fused-ring (bicyclic) bond motifs is 1. The largest absolute Gasteiger partial charge is 0.494 e. The lowest BCUT2D eigenvalue weighted by atomic mass is 10.2. The lowest BCUT2D eigenvalue weighted by Gasteiger charge is -2.03. The molecule has 2 aromatic carbocycles. The maximum Gasteiger partial charge on any atom is 0.250 e. The summed E-state index contributed by atoms with van der Waals surface area (Å²) in [4.78, 5) is 19.5. The molecule has 1 aromatic heterocycles. The van der Waals surface area contributed by atoms with Crippen LogP contribution in [0.25, 0.3) is 11.0 Å². The fourth-order valence-corrected chi connectivity index (χ4v) is 2.89. The van der Waals surface area contributed by atoms with Crippen LogP contribution in [0.1, 0.15) is 18.9 Å². The van der Waals surface area contributed by atoms with Gasteiger partial charge in [0.25, 0.3) is 5.91 Å². The monoisotopic (exact) mass is 368 g/mol. The number of carbonyl (C=O) groups excluding carboxylic acids is 1. The molecule has 0 unspecified atom stereocenters. The molecule has 0 saturated carbocycles. The van der Waals surface area contributed by atoms with Gasteiger partial charge in [-0.05, 0) is 48.4 Å². The minimum absolute atomic E-state index is 0.186. The smallest absolute Gasteiger partial charge is 0.250 e. The van der Waals surface area contributed by atoms with Gasteiger partial charge in [0.1, 0.15) is 5.75 Å². The van der Waals surface area contributed by atoms with Crippen LogP contribution in [0, 0.1) is 0 Å². The van der Waals surface area contributed by atoms with Gasteiger partial charge in [-0.2, -0.15) is 5.10 Å². The second-order valence-electron chi connectivity index (χ2n) is 5.56. The molecule has 6 nitrogen and oxygen atoms in total. The van der Waals surface area contributed by atoms with Crippen LogP contribution in [-0.2, 0) is 4.79 Å². The van der Waals surface area contributed by atoms with Crippen molar-refractivity contribution in [2.45, 2.75) is 18.5 Å². The van der Waals surface area contributed by atoms with E-state index < -0.39 is 0 Å². The molecule has 0 radical (unpaired) electrons. The van der Waals surface area contributed by atoms with E-state index in [1.165, 1.54) is 11.8 Å². The van der Waals surface area contributed by atoms with E-state index in [-0.39, 0.29) is 11.7 Å². The van der Waals surface area contributed by atoms with Crippen molar-refractivity contribution in [3.8, 4) is 5.75 Å². The van der Waals surface area contributed by atoms with Crippen LogP contribution >= 0.6 is 11.8 Å². The van der Waals surface area contributed by atoms with Crippen molar-refractivity contribution in [1.29, 1.82) is 0 Å². The van der Waals surface area contributed by atoms with Crippen LogP contribution in [0.2, 0.25) is 0 Å². The van der Waals surface area contributed by atoms with Gasteiger partial charge in [0.2, 0.25) is 0 Å². The first-order chi connectivity index (χ1) is 12.7. The quantitative estimate of drug-likeness (QED) is 0.362. The fourth-order valence-electron chi connectivity index (χ4n) is 2.21. The highest BCUT2D eigenvalue weighted by Gasteiger charge is 2.06. The van der Waals surface area contributed by atoms with E-state index in [1.54, 1.807) is 6.21 Å². The van der Waals surface area contributed by atoms with Crippen LogP contribution in [0.3, 0.4) is 0 Å². The van der Waals surface area contributed by atoms with Crippen LogP contribution in [0.5, 0.6) is 5.75 Å². The summed E-state index contributed by atoms with van der Waals surface area (Å²) < 4.78 is 5.52. The molecule has 0 aliphatic carbocycles. The highest BCUT2D eigenvalue weighted by atomic mass is 32.2. The zero-order chi connectivity index (χ0) is 18.2. The van der Waals surface area contributed by atoms with E-state index in [1.807, 2.05) is 48.5 Å². The Bertz CT molecular complexity index is 857. The van der Waals surface area contributed by atoms with Crippen molar-refractivity contribution in [2.24, 2.45) is 5.10 Å². The molecule has 0 aliphatic heterocycles. The molecule has 0 fully saturated rings. The predicted octanol–water partition coefficient (Wildman–Crippen LogP) is 3.59. The molecule has 2 N–H and O–H groups in total. The van der Waals surface area contributed by atoms with Crippen LogP contribution in [0.15, 0.2) is 58.8 Å². The number of thioether (sulfide) groups is 1. The topological polar surface area (TPSA) is 79.4 Å². The number of nitrogens with zero attached hydrogens (tertiary/aromatic N) is 2. The number of hydrogen-bond donors (Lipinski definition) is 2. The minimum Gasteiger partial charge on any atom is -0.494 e. The summed E-state index contributed by atoms with van der Waals surface area (Å²) in [6.45, 7) is 2.77. The number of para-hydroxylation sites is 2. The van der Waals surface area contributed by atoms with Crippen molar-refractivity contribution in [1.82, 2.24) is 15.4 Å². The average Bonchev–Trinajstić information content (AvgIpc) is 3.09. The van der Waals surface area contributed by atoms with Crippen molar-refractivity contribution < 1.29 is 9.53 Å². The number of benzene rings is 2. The second kappa shape index (κ2) is 9.05. The molecule has 1 amide bonds. The first-order valence-electron chi connectivity index (χ1n) is 8.37. The third kappa shape index (κ3) is 5.10. The van der Waals surface area contributed by atoms with Gasteiger partial charge in [-0.1, -0.05) is 30.8 Å². The van der Waals surface area contributed by atoms with E-state index in [0.29, 0.717) is 11.8 Å². The molecule has 3 aromatic rings. The Morgan fingerprint density at radius 1 is 1.27 bits per heavy atom. The summed E-state index contributed by atoms with van der Waals surface area (Å²) in [5.74, 6) is 0.880.